The highest BCUT2D eigenvalue weighted by Gasteiger charge is 2.47. The van der Waals surface area contributed by atoms with Gasteiger partial charge in [0, 0.05) is 0 Å². The largest absolute Gasteiger partial charge is 0.244 e. The Morgan fingerprint density at radius 2 is 1.47 bits per heavy atom. The van der Waals surface area contributed by atoms with Crippen molar-refractivity contribution < 1.29 is 20.4 Å². The first kappa shape index (κ1) is 25.8. The summed E-state index contributed by atoms with van der Waals surface area (Å²) in [4.78, 5) is -0.744. The predicted molar refractivity (Wildman–Crippen MR) is 124 cm³/mol. The molecule has 184 valence electrons. The molecule has 0 radical (unpaired) electrons. The molecule has 1 aromatic carbocycles. The summed E-state index contributed by atoms with van der Waals surface area (Å²) in [6, 6.07) is 4.07. The molecular weight excluding hydrogens is 439 g/mol. The smallest absolute Gasteiger partial charge is 0.237 e. The van der Waals surface area contributed by atoms with Crippen LogP contribution in [0.15, 0.2) is 29.2 Å². The molecular formula is C26H39F5S. The Balaban J connectivity index is 1.44. The highest BCUT2D eigenvalue weighted by molar-refractivity contribution is 8.20. The number of halogens is 5. The third-order valence-electron chi connectivity index (χ3n) is 8.01. The van der Waals surface area contributed by atoms with Crippen LogP contribution in [0.5, 0.6) is 0 Å². The van der Waals surface area contributed by atoms with Crippen LogP contribution in [0.3, 0.4) is 0 Å². The molecule has 0 aliphatic heterocycles. The summed E-state index contributed by atoms with van der Waals surface area (Å²) in [7, 11) is 0. The van der Waals surface area contributed by atoms with Gasteiger partial charge >= 0.3 is 0 Å². The van der Waals surface area contributed by atoms with Gasteiger partial charge in [0.05, 0.1) is 4.90 Å². The average molecular weight is 479 g/mol. The Kier molecular flexibility index (Phi) is 9.34. The third-order valence-corrected chi connectivity index (χ3v) is 8.82. The van der Waals surface area contributed by atoms with Gasteiger partial charge in [0.15, 0.2) is 5.67 Å². The summed E-state index contributed by atoms with van der Waals surface area (Å²) in [5.74, 6) is 1.45. The SMILES string of the molecule is CCCCCCCCC1CCC(C2CCC(F)(c3ccc(S(F)(F)F)cc3)C(F)C2)CC1. The number of benzene rings is 1. The van der Waals surface area contributed by atoms with Gasteiger partial charge in [-0.25, -0.2) is 8.78 Å². The van der Waals surface area contributed by atoms with E-state index in [0.717, 1.165) is 43.0 Å². The van der Waals surface area contributed by atoms with Crippen LogP contribution < -0.4 is 0 Å². The molecule has 0 aromatic heterocycles. The molecule has 0 bridgehead atoms. The van der Waals surface area contributed by atoms with Crippen molar-refractivity contribution in [1.29, 1.82) is 0 Å². The molecule has 2 saturated carbocycles. The standard InChI is InChI=1S/C26H39F5S/c1-2-3-4-5-6-7-8-20-9-11-21(12-10-20)22-17-18-26(28,25(27)19-22)23-13-15-24(16-14-23)32(29,30)31/h13-16,20-22,25H,2-12,17-19H2,1H3. The van der Waals surface area contributed by atoms with Gasteiger partial charge in [-0.15, -0.1) is 11.7 Å². The molecule has 0 N–H and O–H groups in total. The minimum absolute atomic E-state index is 0.0542. The van der Waals surface area contributed by atoms with Crippen molar-refractivity contribution in [3.05, 3.63) is 29.8 Å². The zero-order valence-corrected chi connectivity index (χ0v) is 20.1. The molecule has 3 atom stereocenters. The van der Waals surface area contributed by atoms with E-state index in [0.29, 0.717) is 12.3 Å². The monoisotopic (exact) mass is 478 g/mol. The molecule has 2 aliphatic carbocycles. The van der Waals surface area contributed by atoms with Gasteiger partial charge in [-0.3, -0.25) is 0 Å². The summed E-state index contributed by atoms with van der Waals surface area (Å²) >= 11 is -5.34. The second-order valence-corrected chi connectivity index (χ2v) is 11.4. The Labute approximate surface area is 192 Å². The van der Waals surface area contributed by atoms with E-state index in [1.807, 2.05) is 0 Å². The highest BCUT2D eigenvalue weighted by Crippen LogP contribution is 2.61. The summed E-state index contributed by atoms with van der Waals surface area (Å²) < 4.78 is 69.2. The van der Waals surface area contributed by atoms with Gasteiger partial charge in [-0.05, 0) is 67.6 Å². The molecule has 2 fully saturated rings. The van der Waals surface area contributed by atoms with Crippen LogP contribution in [0.25, 0.3) is 0 Å². The number of alkyl halides is 2. The van der Waals surface area contributed by atoms with E-state index in [2.05, 4.69) is 6.92 Å². The second-order valence-electron chi connectivity index (χ2n) is 10.1. The van der Waals surface area contributed by atoms with Crippen molar-refractivity contribution in [3.8, 4) is 0 Å². The van der Waals surface area contributed by atoms with E-state index >= 15 is 8.78 Å². The van der Waals surface area contributed by atoms with Crippen molar-refractivity contribution in [2.75, 3.05) is 0 Å². The molecule has 0 spiro atoms. The second kappa shape index (κ2) is 11.6. The zero-order chi connectivity index (χ0) is 23.2. The molecule has 0 amide bonds. The first-order valence-corrected chi connectivity index (χ1v) is 13.9. The van der Waals surface area contributed by atoms with Gasteiger partial charge < -0.3 is 0 Å². The Bertz CT molecular complexity index is 680. The number of hydrogen-bond donors (Lipinski definition) is 0. The Morgan fingerprint density at radius 3 is 2.06 bits per heavy atom. The van der Waals surface area contributed by atoms with Gasteiger partial charge in [0.25, 0.3) is 0 Å². The van der Waals surface area contributed by atoms with E-state index in [1.165, 1.54) is 57.8 Å². The van der Waals surface area contributed by atoms with E-state index in [4.69, 9.17) is 0 Å². The summed E-state index contributed by atoms with van der Waals surface area (Å²) in [5, 5.41) is 0. The summed E-state index contributed by atoms with van der Waals surface area (Å²) in [5.41, 5.74) is -2.11. The lowest BCUT2D eigenvalue weighted by Gasteiger charge is -2.42. The average Bonchev–Trinajstić information content (AvgIpc) is 2.78. The molecule has 0 saturated heterocycles. The van der Waals surface area contributed by atoms with Crippen LogP contribution in [0.2, 0.25) is 0 Å². The zero-order valence-electron chi connectivity index (χ0n) is 19.3. The molecule has 0 nitrogen and oxygen atoms in total. The minimum Gasteiger partial charge on any atom is -0.244 e. The maximum absolute atomic E-state index is 15.5. The molecule has 1 aromatic rings. The number of rotatable bonds is 10. The predicted octanol–water partition coefficient (Wildman–Crippen LogP) is 10.4. The minimum atomic E-state index is -5.34. The van der Waals surface area contributed by atoms with Crippen LogP contribution in [0.1, 0.15) is 102 Å². The third kappa shape index (κ3) is 6.64. The molecule has 3 unspecified atom stereocenters. The maximum atomic E-state index is 15.5. The Morgan fingerprint density at radius 1 is 0.844 bits per heavy atom. The molecule has 2 aliphatic rings. The topological polar surface area (TPSA) is 0 Å². The quantitative estimate of drug-likeness (QED) is 0.232. The van der Waals surface area contributed by atoms with Gasteiger partial charge in [0.1, 0.15) is 6.17 Å². The van der Waals surface area contributed by atoms with Crippen molar-refractivity contribution in [2.45, 2.75) is 114 Å². The molecule has 0 heterocycles. The first-order valence-electron chi connectivity index (χ1n) is 12.6. The van der Waals surface area contributed by atoms with Crippen LogP contribution in [0.4, 0.5) is 20.4 Å². The highest BCUT2D eigenvalue weighted by atomic mass is 32.3. The van der Waals surface area contributed by atoms with E-state index in [9.17, 15) is 11.7 Å². The van der Waals surface area contributed by atoms with Crippen LogP contribution in [-0.2, 0) is 5.67 Å². The summed E-state index contributed by atoms with van der Waals surface area (Å²) in [6.45, 7) is 2.24. The van der Waals surface area contributed by atoms with Crippen molar-refractivity contribution in [1.82, 2.24) is 0 Å². The van der Waals surface area contributed by atoms with Crippen LogP contribution in [0, 0.1) is 17.8 Å². The lowest BCUT2D eigenvalue weighted by molar-refractivity contribution is -0.0274. The van der Waals surface area contributed by atoms with Crippen LogP contribution in [-0.4, -0.2) is 6.17 Å². The fourth-order valence-electron chi connectivity index (χ4n) is 5.92. The van der Waals surface area contributed by atoms with E-state index in [1.54, 1.807) is 0 Å². The van der Waals surface area contributed by atoms with Crippen molar-refractivity contribution in [2.24, 2.45) is 17.8 Å². The summed E-state index contributed by atoms with van der Waals surface area (Å²) in [6.07, 6.45) is 13.1. The lowest BCUT2D eigenvalue weighted by Crippen LogP contribution is -2.40. The van der Waals surface area contributed by atoms with Crippen molar-refractivity contribution in [3.63, 3.8) is 0 Å². The number of hydrogen-bond acceptors (Lipinski definition) is 0. The van der Waals surface area contributed by atoms with Crippen molar-refractivity contribution >= 4 is 11.2 Å². The van der Waals surface area contributed by atoms with Gasteiger partial charge in [0.2, 0.25) is 11.2 Å². The molecule has 32 heavy (non-hydrogen) atoms. The normalized spacial score (nSPS) is 32.1. The maximum Gasteiger partial charge on any atom is 0.237 e. The fourth-order valence-corrected chi connectivity index (χ4v) is 6.37. The van der Waals surface area contributed by atoms with Crippen LogP contribution >= 0.6 is 11.2 Å². The molecule has 3 rings (SSSR count). The van der Waals surface area contributed by atoms with Gasteiger partial charge in [-0.2, -0.15) is 0 Å². The Hall–Kier alpha value is -0.780. The molecule has 6 heteroatoms. The fraction of sp³-hybridized carbons (Fsp3) is 0.769. The first-order chi connectivity index (χ1) is 15.2. The number of unbranched alkanes of at least 4 members (excludes halogenated alkanes) is 5. The lowest BCUT2D eigenvalue weighted by atomic mass is 9.66. The van der Waals surface area contributed by atoms with E-state index in [-0.39, 0.29) is 24.3 Å². The van der Waals surface area contributed by atoms with E-state index < -0.39 is 27.9 Å². The van der Waals surface area contributed by atoms with Gasteiger partial charge in [-0.1, -0.05) is 76.8 Å².